The zero-order valence-corrected chi connectivity index (χ0v) is 8.66. The summed E-state index contributed by atoms with van der Waals surface area (Å²) < 4.78 is 4.82. The lowest BCUT2D eigenvalue weighted by molar-refractivity contribution is -0.110. The predicted octanol–water partition coefficient (Wildman–Crippen LogP) is 1.68. The summed E-state index contributed by atoms with van der Waals surface area (Å²) in [6.45, 7) is -0.0572. The number of rotatable bonds is 4. The van der Waals surface area contributed by atoms with Crippen LogP contribution in [0.1, 0.15) is 5.56 Å². The standard InChI is InChI=1S/C10H10ClNO3/c11-9(13)6-12-10(14)15-7-8-4-2-1-3-5-8/h1-5H,6-7H2,(H,12,14). The molecule has 0 atom stereocenters. The molecule has 0 aliphatic rings. The molecule has 0 saturated heterocycles. The number of alkyl carbamates (subject to hydrolysis) is 1. The van der Waals surface area contributed by atoms with Crippen LogP contribution in [0.15, 0.2) is 30.3 Å². The molecular weight excluding hydrogens is 218 g/mol. The molecule has 0 radical (unpaired) electrons. The molecular formula is C10H10ClNO3. The van der Waals surface area contributed by atoms with Crippen molar-refractivity contribution in [2.45, 2.75) is 6.61 Å². The lowest BCUT2D eigenvalue weighted by Crippen LogP contribution is -2.28. The molecule has 1 aromatic rings. The molecule has 0 unspecified atom stereocenters. The average molecular weight is 228 g/mol. The second-order valence-electron chi connectivity index (χ2n) is 2.77. The minimum atomic E-state index is -0.659. The predicted molar refractivity (Wildman–Crippen MR) is 55.5 cm³/mol. The molecule has 15 heavy (non-hydrogen) atoms. The van der Waals surface area contributed by atoms with Crippen molar-refractivity contribution >= 4 is 22.9 Å². The molecule has 1 amide bonds. The fourth-order valence-electron chi connectivity index (χ4n) is 0.916. The number of hydrogen-bond donors (Lipinski definition) is 1. The summed E-state index contributed by atoms with van der Waals surface area (Å²) in [6, 6.07) is 9.23. The van der Waals surface area contributed by atoms with Gasteiger partial charge in [0.2, 0.25) is 5.24 Å². The largest absolute Gasteiger partial charge is 0.445 e. The van der Waals surface area contributed by atoms with E-state index in [1.165, 1.54) is 0 Å². The second kappa shape index (κ2) is 6.03. The molecule has 0 saturated carbocycles. The van der Waals surface area contributed by atoms with Gasteiger partial charge in [-0.15, -0.1) is 0 Å². The van der Waals surface area contributed by atoms with Gasteiger partial charge in [0.15, 0.2) is 0 Å². The SMILES string of the molecule is O=C(Cl)CNC(=O)OCc1ccccc1. The molecule has 0 spiro atoms. The van der Waals surface area contributed by atoms with Gasteiger partial charge < -0.3 is 10.1 Å². The first-order chi connectivity index (χ1) is 7.18. The van der Waals surface area contributed by atoms with E-state index in [2.05, 4.69) is 5.32 Å². The van der Waals surface area contributed by atoms with Crippen LogP contribution in [-0.4, -0.2) is 17.9 Å². The Hall–Kier alpha value is -1.55. The van der Waals surface area contributed by atoms with E-state index < -0.39 is 11.3 Å². The Labute approximate surface area is 92.2 Å². The minimum Gasteiger partial charge on any atom is -0.445 e. The van der Waals surface area contributed by atoms with Gasteiger partial charge in [-0.05, 0) is 17.2 Å². The Morgan fingerprint density at radius 3 is 2.53 bits per heavy atom. The van der Waals surface area contributed by atoms with Crippen molar-refractivity contribution in [3.8, 4) is 0 Å². The summed E-state index contributed by atoms with van der Waals surface area (Å²) in [7, 11) is 0. The molecule has 1 rings (SSSR count). The van der Waals surface area contributed by atoms with Gasteiger partial charge in [-0.1, -0.05) is 30.3 Å². The topological polar surface area (TPSA) is 55.4 Å². The number of halogens is 1. The van der Waals surface area contributed by atoms with E-state index in [4.69, 9.17) is 16.3 Å². The number of hydrogen-bond acceptors (Lipinski definition) is 3. The van der Waals surface area contributed by atoms with Gasteiger partial charge in [-0.25, -0.2) is 4.79 Å². The maximum Gasteiger partial charge on any atom is 0.407 e. The Morgan fingerprint density at radius 2 is 1.93 bits per heavy atom. The van der Waals surface area contributed by atoms with Gasteiger partial charge in [0, 0.05) is 0 Å². The number of ether oxygens (including phenoxy) is 1. The van der Waals surface area contributed by atoms with Gasteiger partial charge in [-0.3, -0.25) is 4.79 Å². The summed E-state index contributed by atoms with van der Waals surface area (Å²) in [5.41, 5.74) is 0.879. The quantitative estimate of drug-likeness (QED) is 0.797. The zero-order valence-electron chi connectivity index (χ0n) is 7.90. The van der Waals surface area contributed by atoms with Crippen molar-refractivity contribution < 1.29 is 14.3 Å². The van der Waals surface area contributed by atoms with Gasteiger partial charge in [0.05, 0.1) is 6.54 Å². The average Bonchev–Trinajstić information content (AvgIpc) is 2.25. The van der Waals surface area contributed by atoms with Crippen LogP contribution in [0.25, 0.3) is 0 Å². The molecule has 0 aromatic heterocycles. The third kappa shape index (κ3) is 5.02. The Kier molecular flexibility index (Phi) is 4.63. The highest BCUT2D eigenvalue weighted by Crippen LogP contribution is 2.00. The van der Waals surface area contributed by atoms with Crippen molar-refractivity contribution in [1.82, 2.24) is 5.32 Å². The zero-order chi connectivity index (χ0) is 11.1. The highest BCUT2D eigenvalue weighted by molar-refractivity contribution is 6.64. The van der Waals surface area contributed by atoms with Crippen molar-refractivity contribution in [3.05, 3.63) is 35.9 Å². The fourth-order valence-corrected chi connectivity index (χ4v) is 0.983. The van der Waals surface area contributed by atoms with Gasteiger partial charge in [0.25, 0.3) is 0 Å². The molecule has 4 nitrogen and oxygen atoms in total. The summed E-state index contributed by atoms with van der Waals surface area (Å²) in [5.74, 6) is 0. The molecule has 5 heteroatoms. The van der Waals surface area contributed by atoms with E-state index in [0.717, 1.165) is 5.56 Å². The van der Waals surface area contributed by atoms with E-state index in [1.54, 1.807) is 0 Å². The molecule has 80 valence electrons. The van der Waals surface area contributed by atoms with Crippen LogP contribution in [0, 0.1) is 0 Å². The lowest BCUT2D eigenvalue weighted by atomic mass is 10.2. The van der Waals surface area contributed by atoms with Crippen LogP contribution < -0.4 is 5.32 Å². The van der Waals surface area contributed by atoms with Crippen molar-refractivity contribution in [2.75, 3.05) is 6.54 Å². The smallest absolute Gasteiger partial charge is 0.407 e. The fraction of sp³-hybridized carbons (Fsp3) is 0.200. The third-order valence-electron chi connectivity index (χ3n) is 1.58. The van der Waals surface area contributed by atoms with Crippen LogP contribution in [0.3, 0.4) is 0 Å². The summed E-state index contributed by atoms with van der Waals surface area (Å²) in [4.78, 5) is 21.3. The van der Waals surface area contributed by atoms with Crippen LogP contribution in [0.5, 0.6) is 0 Å². The Balaban J connectivity index is 2.26. The van der Waals surface area contributed by atoms with Gasteiger partial charge in [0.1, 0.15) is 6.61 Å². The van der Waals surface area contributed by atoms with Crippen molar-refractivity contribution in [3.63, 3.8) is 0 Å². The highest BCUT2D eigenvalue weighted by Gasteiger charge is 2.03. The van der Waals surface area contributed by atoms with Crippen molar-refractivity contribution in [2.24, 2.45) is 0 Å². The number of carbonyl (C=O) groups excluding carboxylic acids is 2. The van der Waals surface area contributed by atoms with Crippen LogP contribution >= 0.6 is 11.6 Å². The van der Waals surface area contributed by atoms with Crippen molar-refractivity contribution in [1.29, 1.82) is 0 Å². The number of nitrogens with one attached hydrogen (secondary N) is 1. The molecule has 0 aliphatic heterocycles. The molecule has 0 heterocycles. The van der Waals surface area contributed by atoms with E-state index in [0.29, 0.717) is 0 Å². The van der Waals surface area contributed by atoms with Crippen LogP contribution in [0.2, 0.25) is 0 Å². The molecule has 0 aliphatic carbocycles. The van der Waals surface area contributed by atoms with E-state index in [9.17, 15) is 9.59 Å². The van der Waals surface area contributed by atoms with Gasteiger partial charge in [-0.2, -0.15) is 0 Å². The first kappa shape index (κ1) is 11.5. The monoisotopic (exact) mass is 227 g/mol. The minimum absolute atomic E-state index is 0.170. The Bertz CT molecular complexity index is 340. The van der Waals surface area contributed by atoms with Gasteiger partial charge >= 0.3 is 6.09 Å². The lowest BCUT2D eigenvalue weighted by Gasteiger charge is -2.04. The number of carbonyl (C=O) groups is 2. The third-order valence-corrected chi connectivity index (χ3v) is 1.72. The van der Waals surface area contributed by atoms with E-state index in [1.807, 2.05) is 30.3 Å². The summed E-state index contributed by atoms with van der Waals surface area (Å²) in [5, 5.41) is 1.58. The maximum atomic E-state index is 11.0. The van der Waals surface area contributed by atoms with E-state index >= 15 is 0 Å². The molecule has 1 aromatic carbocycles. The molecule has 0 fully saturated rings. The second-order valence-corrected chi connectivity index (χ2v) is 3.19. The maximum absolute atomic E-state index is 11.0. The first-order valence-electron chi connectivity index (χ1n) is 4.31. The highest BCUT2D eigenvalue weighted by atomic mass is 35.5. The Morgan fingerprint density at radius 1 is 1.27 bits per heavy atom. The first-order valence-corrected chi connectivity index (χ1v) is 4.69. The van der Waals surface area contributed by atoms with E-state index in [-0.39, 0.29) is 13.2 Å². The number of amides is 1. The molecule has 1 N–H and O–H groups in total. The molecule has 0 bridgehead atoms. The normalized spacial score (nSPS) is 9.40. The number of benzene rings is 1. The summed E-state index contributed by atoms with van der Waals surface area (Å²) >= 11 is 5.03. The summed E-state index contributed by atoms with van der Waals surface area (Å²) in [6.07, 6.45) is -0.659. The van der Waals surface area contributed by atoms with Crippen LogP contribution in [-0.2, 0) is 16.1 Å². The van der Waals surface area contributed by atoms with Crippen LogP contribution in [0.4, 0.5) is 4.79 Å².